The third kappa shape index (κ3) is 8.51. The van der Waals surface area contributed by atoms with Gasteiger partial charge in [0.05, 0.1) is 6.07 Å². The lowest BCUT2D eigenvalue weighted by Crippen LogP contribution is -1.99. The number of nitriles is 1. The van der Waals surface area contributed by atoms with E-state index in [1.165, 1.54) is 6.08 Å². The maximum absolute atomic E-state index is 8.11. The molecule has 0 saturated carbocycles. The number of nitrogens with zero attached hydrogens (tertiary/aromatic N) is 2. The van der Waals surface area contributed by atoms with Crippen molar-refractivity contribution in [1.29, 1.82) is 5.26 Å². The van der Waals surface area contributed by atoms with E-state index in [1.807, 2.05) is 49.5 Å². The molecule has 0 rings (SSSR count). The second-order valence-corrected chi connectivity index (χ2v) is 2.18. The van der Waals surface area contributed by atoms with E-state index in [1.54, 1.807) is 6.08 Å². The smallest absolute Gasteiger partial charge is 0.0912 e. The summed E-state index contributed by atoms with van der Waals surface area (Å²) in [5, 5.41) is 8.11. The molecule has 0 unspecified atom stereocenters. The molecule has 0 aromatic rings. The Balaban J connectivity index is 3.62. The molecule has 0 aliphatic heterocycles. The summed E-state index contributed by atoms with van der Waals surface area (Å²) in [5.74, 6) is 0. The van der Waals surface area contributed by atoms with Gasteiger partial charge in [-0.15, -0.1) is 0 Å². The fraction of sp³-hybridized carbons (Fsp3) is 0.222. The Morgan fingerprint density at radius 3 is 2.27 bits per heavy atom. The minimum Gasteiger partial charge on any atom is -0.383 e. The minimum atomic E-state index is 1.43. The van der Waals surface area contributed by atoms with Crippen LogP contribution in [0, 0.1) is 11.3 Å². The zero-order valence-corrected chi connectivity index (χ0v) is 6.86. The van der Waals surface area contributed by atoms with Gasteiger partial charge in [0, 0.05) is 20.2 Å². The first kappa shape index (κ1) is 9.51. The molecule has 2 nitrogen and oxygen atoms in total. The highest BCUT2D eigenvalue weighted by Gasteiger charge is 1.69. The summed E-state index contributed by atoms with van der Waals surface area (Å²) in [6.07, 6.45) is 10.6. The molecule has 0 aliphatic rings. The normalized spacial score (nSPS) is 11.4. The van der Waals surface area contributed by atoms with E-state index in [2.05, 4.69) is 0 Å². The van der Waals surface area contributed by atoms with Crippen LogP contribution in [-0.4, -0.2) is 19.0 Å². The van der Waals surface area contributed by atoms with Gasteiger partial charge in [-0.3, -0.25) is 0 Å². The number of hydrogen-bond acceptors (Lipinski definition) is 2. The molecule has 0 N–H and O–H groups in total. The molecule has 0 fully saturated rings. The van der Waals surface area contributed by atoms with Crippen LogP contribution < -0.4 is 0 Å². The Morgan fingerprint density at radius 1 is 1.09 bits per heavy atom. The molecule has 0 aromatic heterocycles. The van der Waals surface area contributed by atoms with Crippen LogP contribution in [0.2, 0.25) is 0 Å². The molecular formula is C9H12N2. The quantitative estimate of drug-likeness (QED) is 0.450. The number of hydrogen-bond donors (Lipinski definition) is 0. The van der Waals surface area contributed by atoms with Crippen molar-refractivity contribution in [3.8, 4) is 6.07 Å². The molecule has 11 heavy (non-hydrogen) atoms. The summed E-state index contributed by atoms with van der Waals surface area (Å²) in [6.45, 7) is 0. The van der Waals surface area contributed by atoms with Crippen LogP contribution in [0.5, 0.6) is 0 Å². The summed E-state index contributed by atoms with van der Waals surface area (Å²) in [7, 11) is 3.91. The van der Waals surface area contributed by atoms with Crippen molar-refractivity contribution in [1.82, 2.24) is 4.90 Å². The molecule has 0 atom stereocenters. The molecule has 0 amide bonds. The Kier molecular flexibility index (Phi) is 5.73. The predicted octanol–water partition coefficient (Wildman–Crippen LogP) is 1.70. The summed E-state index contributed by atoms with van der Waals surface area (Å²) in [6, 6.07) is 1.90. The molecule has 0 aliphatic carbocycles. The van der Waals surface area contributed by atoms with Crippen molar-refractivity contribution in [2.75, 3.05) is 14.1 Å². The van der Waals surface area contributed by atoms with Gasteiger partial charge in [0.15, 0.2) is 0 Å². The molecule has 2 heteroatoms. The lowest BCUT2D eigenvalue weighted by Gasteiger charge is -2.00. The van der Waals surface area contributed by atoms with Crippen LogP contribution in [0.15, 0.2) is 36.6 Å². The monoisotopic (exact) mass is 148 g/mol. The first-order valence-corrected chi connectivity index (χ1v) is 3.33. The fourth-order valence-corrected chi connectivity index (χ4v) is 0.449. The lowest BCUT2D eigenvalue weighted by molar-refractivity contribution is 0.564. The minimum absolute atomic E-state index is 1.43. The molecule has 0 spiro atoms. The van der Waals surface area contributed by atoms with E-state index in [-0.39, 0.29) is 0 Å². The standard InChI is InChI=1S/C9H12N2/c1-11(2)9-7-5-3-4-6-8-10/h3-7,9H,1-2H3/b5-3+,6-4-,9-7-. The summed E-state index contributed by atoms with van der Waals surface area (Å²) >= 11 is 0. The zero-order chi connectivity index (χ0) is 8.53. The number of rotatable bonds is 3. The van der Waals surface area contributed by atoms with Crippen LogP contribution in [0.4, 0.5) is 0 Å². The molecule has 0 radical (unpaired) electrons. The van der Waals surface area contributed by atoms with Gasteiger partial charge < -0.3 is 4.90 Å². The van der Waals surface area contributed by atoms with E-state index in [4.69, 9.17) is 5.26 Å². The van der Waals surface area contributed by atoms with Crippen LogP contribution in [0.1, 0.15) is 0 Å². The van der Waals surface area contributed by atoms with Crippen molar-refractivity contribution in [3.05, 3.63) is 36.6 Å². The Labute approximate surface area is 67.7 Å². The van der Waals surface area contributed by atoms with E-state index in [9.17, 15) is 0 Å². The van der Waals surface area contributed by atoms with E-state index in [0.29, 0.717) is 0 Å². The molecule has 0 aromatic carbocycles. The van der Waals surface area contributed by atoms with Crippen LogP contribution in [0.3, 0.4) is 0 Å². The van der Waals surface area contributed by atoms with Crippen LogP contribution in [0.25, 0.3) is 0 Å². The maximum atomic E-state index is 8.11. The predicted molar refractivity (Wildman–Crippen MR) is 46.7 cm³/mol. The van der Waals surface area contributed by atoms with E-state index < -0.39 is 0 Å². The second kappa shape index (κ2) is 6.63. The summed E-state index contributed by atoms with van der Waals surface area (Å²) in [4.78, 5) is 1.94. The van der Waals surface area contributed by atoms with Gasteiger partial charge >= 0.3 is 0 Å². The SMILES string of the molecule is CN(C)\C=C/C=C/C=C\C#N. The Morgan fingerprint density at radius 2 is 1.73 bits per heavy atom. The highest BCUT2D eigenvalue weighted by Crippen LogP contribution is 1.81. The van der Waals surface area contributed by atoms with Crippen molar-refractivity contribution in [2.45, 2.75) is 0 Å². The average molecular weight is 148 g/mol. The maximum Gasteiger partial charge on any atom is 0.0912 e. The van der Waals surface area contributed by atoms with Gasteiger partial charge in [0.1, 0.15) is 0 Å². The molecule has 0 bridgehead atoms. The Bertz CT molecular complexity index is 204. The molecule has 58 valence electrons. The first-order chi connectivity index (χ1) is 5.27. The van der Waals surface area contributed by atoms with Crippen LogP contribution in [-0.2, 0) is 0 Å². The van der Waals surface area contributed by atoms with Gasteiger partial charge in [-0.1, -0.05) is 18.2 Å². The summed E-state index contributed by atoms with van der Waals surface area (Å²) in [5.41, 5.74) is 0. The van der Waals surface area contributed by atoms with Crippen molar-refractivity contribution >= 4 is 0 Å². The average Bonchev–Trinajstić information content (AvgIpc) is 1.96. The fourth-order valence-electron chi connectivity index (χ4n) is 0.449. The van der Waals surface area contributed by atoms with Gasteiger partial charge in [-0.2, -0.15) is 5.26 Å². The largest absolute Gasteiger partial charge is 0.383 e. The second-order valence-electron chi connectivity index (χ2n) is 2.18. The van der Waals surface area contributed by atoms with Gasteiger partial charge in [0.25, 0.3) is 0 Å². The van der Waals surface area contributed by atoms with Gasteiger partial charge in [-0.05, 0) is 12.3 Å². The third-order valence-electron chi connectivity index (χ3n) is 0.888. The summed E-state index contributed by atoms with van der Waals surface area (Å²) < 4.78 is 0. The highest BCUT2D eigenvalue weighted by atomic mass is 15.0. The zero-order valence-electron chi connectivity index (χ0n) is 6.86. The van der Waals surface area contributed by atoms with Gasteiger partial charge in [0.2, 0.25) is 0 Å². The first-order valence-electron chi connectivity index (χ1n) is 3.33. The number of allylic oxidation sites excluding steroid dienone is 5. The molecular weight excluding hydrogens is 136 g/mol. The van der Waals surface area contributed by atoms with E-state index >= 15 is 0 Å². The van der Waals surface area contributed by atoms with Gasteiger partial charge in [-0.25, -0.2) is 0 Å². The van der Waals surface area contributed by atoms with E-state index in [0.717, 1.165) is 0 Å². The highest BCUT2D eigenvalue weighted by molar-refractivity contribution is 5.15. The molecule has 0 heterocycles. The topological polar surface area (TPSA) is 27.0 Å². The van der Waals surface area contributed by atoms with Crippen molar-refractivity contribution in [3.63, 3.8) is 0 Å². The van der Waals surface area contributed by atoms with Crippen molar-refractivity contribution < 1.29 is 0 Å². The lowest BCUT2D eigenvalue weighted by atomic mass is 10.4. The van der Waals surface area contributed by atoms with Crippen molar-refractivity contribution in [2.24, 2.45) is 0 Å². The Hall–Kier alpha value is -1.49. The third-order valence-corrected chi connectivity index (χ3v) is 0.888. The molecule has 0 saturated heterocycles. The van der Waals surface area contributed by atoms with Crippen LogP contribution >= 0.6 is 0 Å².